The molecule has 1 fully saturated rings. The van der Waals surface area contributed by atoms with Crippen LogP contribution in [0.3, 0.4) is 0 Å². The van der Waals surface area contributed by atoms with Crippen molar-refractivity contribution in [3.05, 3.63) is 29.0 Å². The van der Waals surface area contributed by atoms with Gasteiger partial charge in [0.2, 0.25) is 11.2 Å². The minimum absolute atomic E-state index is 0.159. The number of aryl methyl sites for hydroxylation is 1. The molecular formula is C20H27ClN4O. The standard InChI is InChI=1S/C20H27ClN4O/c1-13(2)10-18(26)22-12-15-6-8-25(9-7-15)19-16-5-4-14(3)11-17(16)23-20(21)24-19/h4-5,11,13,15H,6-10,12H2,1-3H3,(H,22,26). The van der Waals surface area contributed by atoms with Crippen molar-refractivity contribution in [1.82, 2.24) is 15.3 Å². The predicted molar refractivity (Wildman–Crippen MR) is 107 cm³/mol. The molecule has 0 bridgehead atoms. The number of rotatable bonds is 5. The highest BCUT2D eigenvalue weighted by Gasteiger charge is 2.22. The van der Waals surface area contributed by atoms with Crippen molar-refractivity contribution in [3.8, 4) is 0 Å². The Balaban J connectivity index is 1.63. The average Bonchev–Trinajstić information content (AvgIpc) is 2.58. The van der Waals surface area contributed by atoms with Gasteiger partial charge in [-0.1, -0.05) is 19.9 Å². The zero-order chi connectivity index (χ0) is 18.7. The lowest BCUT2D eigenvalue weighted by Crippen LogP contribution is -2.39. The van der Waals surface area contributed by atoms with Crippen molar-refractivity contribution in [3.63, 3.8) is 0 Å². The molecule has 2 aromatic rings. The van der Waals surface area contributed by atoms with Crippen LogP contribution in [0.2, 0.25) is 5.28 Å². The summed E-state index contributed by atoms with van der Waals surface area (Å²) in [6, 6.07) is 6.21. The number of amides is 1. The largest absolute Gasteiger partial charge is 0.356 e. The predicted octanol–water partition coefficient (Wildman–Crippen LogP) is 3.97. The normalized spacial score (nSPS) is 15.7. The van der Waals surface area contributed by atoms with E-state index in [-0.39, 0.29) is 5.91 Å². The minimum Gasteiger partial charge on any atom is -0.356 e. The summed E-state index contributed by atoms with van der Waals surface area (Å²) in [5.41, 5.74) is 2.05. The molecule has 1 aliphatic rings. The number of nitrogens with one attached hydrogen (secondary N) is 1. The molecule has 140 valence electrons. The van der Waals surface area contributed by atoms with E-state index in [4.69, 9.17) is 11.6 Å². The summed E-state index contributed by atoms with van der Waals surface area (Å²) in [5.74, 6) is 2.00. The summed E-state index contributed by atoms with van der Waals surface area (Å²) in [5, 5.41) is 4.42. The fourth-order valence-corrected chi connectivity index (χ4v) is 3.66. The van der Waals surface area contributed by atoms with Crippen LogP contribution >= 0.6 is 11.6 Å². The van der Waals surface area contributed by atoms with E-state index in [2.05, 4.69) is 46.2 Å². The lowest BCUT2D eigenvalue weighted by atomic mass is 9.96. The number of carbonyl (C=O) groups excluding carboxylic acids is 1. The SMILES string of the molecule is Cc1ccc2c(N3CCC(CNC(=O)CC(C)C)CC3)nc(Cl)nc2c1. The van der Waals surface area contributed by atoms with Gasteiger partial charge in [-0.15, -0.1) is 0 Å². The van der Waals surface area contributed by atoms with Gasteiger partial charge < -0.3 is 10.2 Å². The van der Waals surface area contributed by atoms with Gasteiger partial charge in [0.05, 0.1) is 5.52 Å². The Kier molecular flexibility index (Phi) is 5.97. The molecule has 0 atom stereocenters. The molecule has 1 aromatic heterocycles. The number of carbonyl (C=O) groups is 1. The quantitative estimate of drug-likeness (QED) is 0.804. The third-order valence-corrected chi connectivity index (χ3v) is 5.07. The van der Waals surface area contributed by atoms with Crippen LogP contribution in [-0.4, -0.2) is 35.5 Å². The molecule has 0 unspecified atom stereocenters. The van der Waals surface area contributed by atoms with Crippen LogP contribution in [0, 0.1) is 18.8 Å². The lowest BCUT2D eigenvalue weighted by Gasteiger charge is -2.33. The second-order valence-electron chi connectivity index (χ2n) is 7.67. The summed E-state index contributed by atoms with van der Waals surface area (Å²) < 4.78 is 0. The first-order valence-corrected chi connectivity index (χ1v) is 9.75. The third kappa shape index (κ3) is 4.64. The number of fused-ring (bicyclic) bond motifs is 1. The number of halogens is 1. The van der Waals surface area contributed by atoms with Gasteiger partial charge in [0.25, 0.3) is 0 Å². The van der Waals surface area contributed by atoms with E-state index in [1.165, 1.54) is 0 Å². The first kappa shape index (κ1) is 18.9. The second kappa shape index (κ2) is 8.21. The Hall–Kier alpha value is -1.88. The molecule has 0 saturated carbocycles. The highest BCUT2D eigenvalue weighted by Crippen LogP contribution is 2.29. The molecule has 0 aliphatic carbocycles. The molecule has 5 nitrogen and oxygen atoms in total. The van der Waals surface area contributed by atoms with E-state index in [0.29, 0.717) is 23.5 Å². The molecule has 1 amide bonds. The van der Waals surface area contributed by atoms with Crippen LogP contribution in [0.5, 0.6) is 0 Å². The lowest BCUT2D eigenvalue weighted by molar-refractivity contribution is -0.122. The number of nitrogens with zero attached hydrogens (tertiary/aromatic N) is 3. The maximum atomic E-state index is 11.8. The fourth-order valence-electron chi connectivity index (χ4n) is 3.49. The van der Waals surface area contributed by atoms with Gasteiger partial charge in [-0.3, -0.25) is 4.79 Å². The van der Waals surface area contributed by atoms with E-state index in [0.717, 1.165) is 54.8 Å². The molecule has 26 heavy (non-hydrogen) atoms. The van der Waals surface area contributed by atoms with Gasteiger partial charge in [-0.25, -0.2) is 4.98 Å². The highest BCUT2D eigenvalue weighted by molar-refractivity contribution is 6.28. The van der Waals surface area contributed by atoms with Crippen molar-refractivity contribution in [1.29, 1.82) is 0 Å². The molecule has 3 rings (SSSR count). The Morgan fingerprint density at radius 3 is 2.73 bits per heavy atom. The van der Waals surface area contributed by atoms with Gasteiger partial charge >= 0.3 is 0 Å². The molecule has 2 heterocycles. The number of hydrogen-bond donors (Lipinski definition) is 1. The summed E-state index contributed by atoms with van der Waals surface area (Å²) in [6.45, 7) is 8.79. The Labute approximate surface area is 160 Å². The minimum atomic E-state index is 0.159. The molecule has 6 heteroatoms. The van der Waals surface area contributed by atoms with Gasteiger partial charge in [-0.05, 0) is 60.9 Å². The van der Waals surface area contributed by atoms with Crippen molar-refractivity contribution < 1.29 is 4.79 Å². The number of hydrogen-bond acceptors (Lipinski definition) is 4. The number of benzene rings is 1. The third-order valence-electron chi connectivity index (χ3n) is 4.90. The number of piperidine rings is 1. The van der Waals surface area contributed by atoms with Gasteiger partial charge in [0.1, 0.15) is 5.82 Å². The molecule has 1 N–H and O–H groups in total. The molecule has 0 spiro atoms. The van der Waals surface area contributed by atoms with Crippen LogP contribution in [0.15, 0.2) is 18.2 Å². The molecule has 1 saturated heterocycles. The van der Waals surface area contributed by atoms with E-state index in [1.54, 1.807) is 0 Å². The Morgan fingerprint density at radius 2 is 2.04 bits per heavy atom. The Morgan fingerprint density at radius 1 is 1.31 bits per heavy atom. The van der Waals surface area contributed by atoms with E-state index < -0.39 is 0 Å². The topological polar surface area (TPSA) is 58.1 Å². The van der Waals surface area contributed by atoms with Crippen molar-refractivity contribution in [2.45, 2.75) is 40.0 Å². The number of anilines is 1. The van der Waals surface area contributed by atoms with Gasteiger partial charge in [0, 0.05) is 31.4 Å². The summed E-state index contributed by atoms with van der Waals surface area (Å²) in [6.07, 6.45) is 2.68. The summed E-state index contributed by atoms with van der Waals surface area (Å²) in [4.78, 5) is 23.0. The molecule has 1 aliphatic heterocycles. The average molecular weight is 375 g/mol. The highest BCUT2D eigenvalue weighted by atomic mass is 35.5. The van der Waals surface area contributed by atoms with Crippen molar-refractivity contribution in [2.24, 2.45) is 11.8 Å². The van der Waals surface area contributed by atoms with Crippen molar-refractivity contribution >= 4 is 34.2 Å². The molecule has 0 radical (unpaired) electrons. The van der Waals surface area contributed by atoms with Crippen LogP contribution < -0.4 is 10.2 Å². The smallest absolute Gasteiger partial charge is 0.224 e. The van der Waals surface area contributed by atoms with Crippen LogP contribution in [0.4, 0.5) is 5.82 Å². The Bertz CT molecular complexity index is 779. The second-order valence-corrected chi connectivity index (χ2v) is 8.01. The first-order valence-electron chi connectivity index (χ1n) is 9.38. The van der Waals surface area contributed by atoms with Gasteiger partial charge in [0.15, 0.2) is 0 Å². The zero-order valence-corrected chi connectivity index (χ0v) is 16.5. The monoisotopic (exact) mass is 374 g/mol. The summed E-state index contributed by atoms with van der Waals surface area (Å²) >= 11 is 6.15. The maximum Gasteiger partial charge on any atom is 0.224 e. The van der Waals surface area contributed by atoms with Crippen molar-refractivity contribution in [2.75, 3.05) is 24.5 Å². The fraction of sp³-hybridized carbons (Fsp3) is 0.550. The maximum absolute atomic E-state index is 11.8. The van der Waals surface area contributed by atoms with Crippen LogP contribution in [0.25, 0.3) is 10.9 Å². The zero-order valence-electron chi connectivity index (χ0n) is 15.8. The number of aromatic nitrogens is 2. The van der Waals surface area contributed by atoms with E-state index in [9.17, 15) is 4.79 Å². The van der Waals surface area contributed by atoms with Crippen LogP contribution in [0.1, 0.15) is 38.7 Å². The molecular weight excluding hydrogens is 348 g/mol. The molecule has 1 aromatic carbocycles. The van der Waals surface area contributed by atoms with E-state index in [1.807, 2.05) is 13.0 Å². The van der Waals surface area contributed by atoms with Gasteiger partial charge in [-0.2, -0.15) is 4.98 Å². The summed E-state index contributed by atoms with van der Waals surface area (Å²) in [7, 11) is 0. The van der Waals surface area contributed by atoms with E-state index >= 15 is 0 Å². The van der Waals surface area contributed by atoms with Crippen LogP contribution in [-0.2, 0) is 4.79 Å². The first-order chi connectivity index (χ1) is 12.4.